The van der Waals surface area contributed by atoms with Crippen molar-refractivity contribution >= 4 is 11.9 Å². The fourth-order valence-corrected chi connectivity index (χ4v) is 1.99. The average Bonchev–Trinajstić information content (AvgIpc) is 2.34. The number of pyridine rings is 1. The van der Waals surface area contributed by atoms with Crippen molar-refractivity contribution in [3.05, 3.63) is 58.9 Å². The molecule has 1 aromatic heterocycles. The largest absolute Gasteiger partial charge is 0.278 e. The maximum atomic E-state index is 4.26. The molecular weight excluding hydrogens is 222 g/mol. The van der Waals surface area contributed by atoms with Crippen molar-refractivity contribution in [3.8, 4) is 0 Å². The van der Waals surface area contributed by atoms with Gasteiger partial charge in [0.1, 0.15) is 0 Å². The zero-order valence-electron chi connectivity index (χ0n) is 10.9. The lowest BCUT2D eigenvalue weighted by atomic mass is 10.0. The molecule has 0 atom stereocenters. The SMILES string of the molecule is Cc1cc(C)c(C=NNc2ccncc2)c(C)c1. The van der Waals surface area contributed by atoms with Crippen LogP contribution < -0.4 is 5.43 Å². The maximum absolute atomic E-state index is 4.26. The monoisotopic (exact) mass is 239 g/mol. The Labute approximate surface area is 108 Å². The number of anilines is 1. The first-order valence-corrected chi connectivity index (χ1v) is 5.94. The first kappa shape index (κ1) is 12.3. The van der Waals surface area contributed by atoms with Crippen LogP contribution in [0.1, 0.15) is 22.3 Å². The van der Waals surface area contributed by atoms with Crippen LogP contribution in [0.15, 0.2) is 41.8 Å². The number of aromatic nitrogens is 1. The molecule has 2 rings (SSSR count). The highest BCUT2D eigenvalue weighted by Crippen LogP contribution is 2.14. The third-order valence-corrected chi connectivity index (χ3v) is 2.81. The second-order valence-electron chi connectivity index (χ2n) is 4.42. The van der Waals surface area contributed by atoms with Gasteiger partial charge in [0.2, 0.25) is 0 Å². The molecule has 3 heteroatoms. The van der Waals surface area contributed by atoms with E-state index in [2.05, 4.69) is 48.4 Å². The van der Waals surface area contributed by atoms with Gasteiger partial charge in [0.25, 0.3) is 0 Å². The molecule has 0 aliphatic rings. The van der Waals surface area contributed by atoms with Crippen molar-refractivity contribution in [1.29, 1.82) is 0 Å². The Kier molecular flexibility index (Phi) is 3.72. The van der Waals surface area contributed by atoms with Gasteiger partial charge in [0.15, 0.2) is 0 Å². The molecule has 0 saturated heterocycles. The van der Waals surface area contributed by atoms with Gasteiger partial charge in [0, 0.05) is 18.0 Å². The van der Waals surface area contributed by atoms with E-state index in [0.29, 0.717) is 0 Å². The summed E-state index contributed by atoms with van der Waals surface area (Å²) >= 11 is 0. The maximum Gasteiger partial charge on any atom is 0.0592 e. The summed E-state index contributed by atoms with van der Waals surface area (Å²) in [5, 5.41) is 4.26. The zero-order valence-corrected chi connectivity index (χ0v) is 10.9. The molecule has 18 heavy (non-hydrogen) atoms. The number of nitrogens with zero attached hydrogens (tertiary/aromatic N) is 2. The number of aryl methyl sites for hydroxylation is 3. The molecule has 0 aliphatic carbocycles. The van der Waals surface area contributed by atoms with Gasteiger partial charge in [-0.3, -0.25) is 10.4 Å². The van der Waals surface area contributed by atoms with Gasteiger partial charge in [-0.25, -0.2) is 0 Å². The number of benzene rings is 1. The van der Waals surface area contributed by atoms with Gasteiger partial charge in [0.05, 0.1) is 11.9 Å². The Morgan fingerprint density at radius 2 is 1.67 bits per heavy atom. The molecule has 1 N–H and O–H groups in total. The van der Waals surface area contributed by atoms with Crippen LogP contribution in [0, 0.1) is 20.8 Å². The minimum absolute atomic E-state index is 0.934. The van der Waals surface area contributed by atoms with Crippen LogP contribution in [0.3, 0.4) is 0 Å². The molecule has 92 valence electrons. The zero-order chi connectivity index (χ0) is 13.0. The quantitative estimate of drug-likeness (QED) is 0.658. The fraction of sp³-hybridized carbons (Fsp3) is 0.200. The highest BCUT2D eigenvalue weighted by atomic mass is 15.3. The summed E-state index contributed by atoms with van der Waals surface area (Å²) in [4.78, 5) is 3.96. The van der Waals surface area contributed by atoms with Crippen LogP contribution >= 0.6 is 0 Å². The third kappa shape index (κ3) is 2.94. The van der Waals surface area contributed by atoms with Crippen molar-refractivity contribution in [2.24, 2.45) is 5.10 Å². The molecule has 0 spiro atoms. The van der Waals surface area contributed by atoms with E-state index in [9.17, 15) is 0 Å². The fourth-order valence-electron chi connectivity index (χ4n) is 1.99. The summed E-state index contributed by atoms with van der Waals surface area (Å²) in [6.45, 7) is 6.32. The predicted octanol–water partition coefficient (Wildman–Crippen LogP) is 3.45. The molecule has 1 heterocycles. The number of nitrogens with one attached hydrogen (secondary N) is 1. The molecule has 0 aliphatic heterocycles. The number of rotatable bonds is 3. The van der Waals surface area contributed by atoms with Crippen LogP contribution in [0.5, 0.6) is 0 Å². The second-order valence-corrected chi connectivity index (χ2v) is 4.42. The summed E-state index contributed by atoms with van der Waals surface area (Å²) in [7, 11) is 0. The molecule has 0 radical (unpaired) electrons. The van der Waals surface area contributed by atoms with Crippen molar-refractivity contribution in [2.75, 3.05) is 5.43 Å². The van der Waals surface area contributed by atoms with Gasteiger partial charge in [-0.05, 0) is 44.0 Å². The predicted molar refractivity (Wildman–Crippen MR) is 76.1 cm³/mol. The molecule has 0 bridgehead atoms. The third-order valence-electron chi connectivity index (χ3n) is 2.81. The Morgan fingerprint density at radius 3 is 2.28 bits per heavy atom. The van der Waals surface area contributed by atoms with Crippen molar-refractivity contribution in [2.45, 2.75) is 20.8 Å². The van der Waals surface area contributed by atoms with E-state index >= 15 is 0 Å². The van der Waals surface area contributed by atoms with Gasteiger partial charge < -0.3 is 0 Å². The molecule has 0 unspecified atom stereocenters. The molecule has 2 aromatic rings. The minimum Gasteiger partial charge on any atom is -0.278 e. The highest BCUT2D eigenvalue weighted by Gasteiger charge is 2.00. The highest BCUT2D eigenvalue weighted by molar-refractivity contribution is 5.84. The van der Waals surface area contributed by atoms with E-state index in [-0.39, 0.29) is 0 Å². The lowest BCUT2D eigenvalue weighted by molar-refractivity contribution is 1.27. The summed E-state index contributed by atoms with van der Waals surface area (Å²) in [5.74, 6) is 0. The Bertz CT molecular complexity index is 536. The Morgan fingerprint density at radius 1 is 1.06 bits per heavy atom. The van der Waals surface area contributed by atoms with Crippen LogP contribution in [0.2, 0.25) is 0 Å². The van der Waals surface area contributed by atoms with E-state index in [1.807, 2.05) is 18.3 Å². The van der Waals surface area contributed by atoms with E-state index in [4.69, 9.17) is 0 Å². The first-order valence-electron chi connectivity index (χ1n) is 5.94. The van der Waals surface area contributed by atoms with E-state index in [0.717, 1.165) is 5.69 Å². The summed E-state index contributed by atoms with van der Waals surface area (Å²) < 4.78 is 0. The smallest absolute Gasteiger partial charge is 0.0592 e. The molecule has 0 fully saturated rings. The van der Waals surface area contributed by atoms with E-state index < -0.39 is 0 Å². The first-order chi connectivity index (χ1) is 8.66. The topological polar surface area (TPSA) is 37.3 Å². The Balaban J connectivity index is 2.15. The summed E-state index contributed by atoms with van der Waals surface area (Å²) in [6, 6.07) is 8.10. The van der Waals surface area contributed by atoms with Crippen molar-refractivity contribution in [1.82, 2.24) is 4.98 Å². The standard InChI is InChI=1S/C15H17N3/c1-11-8-12(2)15(13(3)9-11)10-17-18-14-4-6-16-7-5-14/h4-10H,1-3H3,(H,16,18). The molecule has 0 amide bonds. The van der Waals surface area contributed by atoms with Crippen LogP contribution in [-0.2, 0) is 0 Å². The lowest BCUT2D eigenvalue weighted by Crippen LogP contribution is -1.96. The Hall–Kier alpha value is -2.16. The number of hydrogen-bond donors (Lipinski definition) is 1. The van der Waals surface area contributed by atoms with Crippen LogP contribution in [-0.4, -0.2) is 11.2 Å². The minimum atomic E-state index is 0.934. The second kappa shape index (κ2) is 5.45. The normalized spacial score (nSPS) is 10.8. The lowest BCUT2D eigenvalue weighted by Gasteiger charge is -2.06. The summed E-state index contributed by atoms with van der Waals surface area (Å²) in [6.07, 6.45) is 5.34. The van der Waals surface area contributed by atoms with Crippen LogP contribution in [0.25, 0.3) is 0 Å². The van der Waals surface area contributed by atoms with Gasteiger partial charge in [-0.1, -0.05) is 17.7 Å². The average molecular weight is 239 g/mol. The molecule has 3 nitrogen and oxygen atoms in total. The summed E-state index contributed by atoms with van der Waals surface area (Å²) in [5.41, 5.74) is 8.86. The molecular formula is C15H17N3. The molecule has 1 aromatic carbocycles. The van der Waals surface area contributed by atoms with E-state index in [1.54, 1.807) is 12.4 Å². The van der Waals surface area contributed by atoms with Crippen molar-refractivity contribution < 1.29 is 0 Å². The van der Waals surface area contributed by atoms with E-state index in [1.165, 1.54) is 22.3 Å². The van der Waals surface area contributed by atoms with Gasteiger partial charge in [-0.15, -0.1) is 0 Å². The number of hydrazone groups is 1. The molecule has 0 saturated carbocycles. The van der Waals surface area contributed by atoms with Crippen molar-refractivity contribution in [3.63, 3.8) is 0 Å². The van der Waals surface area contributed by atoms with Crippen LogP contribution in [0.4, 0.5) is 5.69 Å². The number of hydrogen-bond acceptors (Lipinski definition) is 3. The van der Waals surface area contributed by atoms with Gasteiger partial charge >= 0.3 is 0 Å². The van der Waals surface area contributed by atoms with Gasteiger partial charge in [-0.2, -0.15) is 5.10 Å².